The first-order chi connectivity index (χ1) is 18.4. The summed E-state index contributed by atoms with van der Waals surface area (Å²) in [7, 11) is 1.51. The molecule has 4 aromatic heterocycles. The third-order valence-electron chi connectivity index (χ3n) is 6.08. The monoisotopic (exact) mass is 513 g/mol. The lowest BCUT2D eigenvalue weighted by molar-refractivity contribution is 0.209. The van der Waals surface area contributed by atoms with Crippen LogP contribution in [0.2, 0.25) is 0 Å². The molecule has 5 rings (SSSR count). The average Bonchev–Trinajstić information content (AvgIpc) is 3.53. The van der Waals surface area contributed by atoms with E-state index in [1.54, 1.807) is 12.3 Å². The number of nitrogens with one attached hydrogen (secondary N) is 2. The van der Waals surface area contributed by atoms with Gasteiger partial charge in [-0.1, -0.05) is 24.3 Å². The molecule has 194 valence electrons. The van der Waals surface area contributed by atoms with Gasteiger partial charge in [0.25, 0.3) is 0 Å². The number of hydrogen-bond donors (Lipinski definition) is 3. The summed E-state index contributed by atoms with van der Waals surface area (Å²) in [6.45, 7) is 5.46. The number of carbonyl (C=O) groups is 1. The van der Waals surface area contributed by atoms with Crippen LogP contribution in [0.3, 0.4) is 0 Å². The molecule has 0 aliphatic carbocycles. The Morgan fingerprint density at radius 3 is 2.42 bits per heavy atom. The number of nitrogens with zero attached hydrogens (tertiary/aromatic N) is 7. The number of carboxylic acid groups (broad SMARTS) is 1. The number of pyridine rings is 1. The van der Waals surface area contributed by atoms with E-state index in [0.717, 1.165) is 34.2 Å². The van der Waals surface area contributed by atoms with Gasteiger partial charge in [-0.3, -0.25) is 14.7 Å². The standard InChI is InChI=1S/C26H27N9O3/c1-16-11-22(30-26(36)37)29-17(2)20(16)12-27-23-21-15-35(33-24(21)32-25(31-23)38-3)14-19-7-5-18(6-8-19)13-34-10-4-9-28-34/h4-11,15H,12-14H2,1-3H3,(H,29,30)(H,36,37)(H,27,31,32,33). The summed E-state index contributed by atoms with van der Waals surface area (Å²) in [6, 6.07) is 12.2. The zero-order chi connectivity index (χ0) is 26.6. The normalized spacial score (nSPS) is 11.0. The minimum absolute atomic E-state index is 0.209. The molecule has 12 heteroatoms. The summed E-state index contributed by atoms with van der Waals surface area (Å²) in [6.07, 6.45) is 4.47. The summed E-state index contributed by atoms with van der Waals surface area (Å²) in [5, 5.41) is 24.3. The second kappa shape index (κ2) is 10.5. The van der Waals surface area contributed by atoms with E-state index in [4.69, 9.17) is 9.84 Å². The highest BCUT2D eigenvalue weighted by atomic mass is 16.5. The molecule has 1 amide bonds. The van der Waals surface area contributed by atoms with E-state index < -0.39 is 6.09 Å². The fourth-order valence-corrected chi connectivity index (χ4v) is 4.23. The van der Waals surface area contributed by atoms with Crippen molar-refractivity contribution in [2.75, 3.05) is 17.7 Å². The van der Waals surface area contributed by atoms with Crippen molar-refractivity contribution in [1.82, 2.24) is 34.5 Å². The third-order valence-corrected chi connectivity index (χ3v) is 6.08. The molecule has 0 atom stereocenters. The van der Waals surface area contributed by atoms with Crippen molar-refractivity contribution in [1.29, 1.82) is 0 Å². The highest BCUT2D eigenvalue weighted by Gasteiger charge is 2.15. The van der Waals surface area contributed by atoms with Crippen molar-refractivity contribution in [2.24, 2.45) is 0 Å². The molecular formula is C26H27N9O3. The van der Waals surface area contributed by atoms with E-state index in [9.17, 15) is 4.79 Å². The molecule has 1 aromatic carbocycles. The Morgan fingerprint density at radius 1 is 1.05 bits per heavy atom. The molecule has 0 bridgehead atoms. The average molecular weight is 514 g/mol. The SMILES string of the molecule is COc1nc(NCc2c(C)cc(NC(=O)O)nc2C)c2cn(Cc3ccc(Cn4cccn4)cc3)nc2n1. The van der Waals surface area contributed by atoms with Gasteiger partial charge in [-0.15, -0.1) is 0 Å². The highest BCUT2D eigenvalue weighted by molar-refractivity contribution is 5.86. The summed E-state index contributed by atoms with van der Waals surface area (Å²) < 4.78 is 9.02. The summed E-state index contributed by atoms with van der Waals surface area (Å²) >= 11 is 0. The molecule has 0 aliphatic rings. The van der Waals surface area contributed by atoms with Gasteiger partial charge in [0.05, 0.1) is 25.6 Å². The zero-order valence-electron chi connectivity index (χ0n) is 21.2. The molecule has 0 saturated carbocycles. The first-order valence-corrected chi connectivity index (χ1v) is 11.9. The van der Waals surface area contributed by atoms with Gasteiger partial charge in [0.15, 0.2) is 5.65 Å². The van der Waals surface area contributed by atoms with Crippen LogP contribution in [-0.4, -0.2) is 52.8 Å². The van der Waals surface area contributed by atoms with Crippen LogP contribution < -0.4 is 15.4 Å². The minimum Gasteiger partial charge on any atom is -0.467 e. The van der Waals surface area contributed by atoms with Crippen molar-refractivity contribution in [3.8, 4) is 6.01 Å². The number of fused-ring (bicyclic) bond motifs is 1. The van der Waals surface area contributed by atoms with Crippen LogP contribution in [0, 0.1) is 13.8 Å². The van der Waals surface area contributed by atoms with Crippen molar-refractivity contribution < 1.29 is 14.6 Å². The Labute approximate surface area is 218 Å². The van der Waals surface area contributed by atoms with Crippen molar-refractivity contribution >= 4 is 28.8 Å². The van der Waals surface area contributed by atoms with Gasteiger partial charge < -0.3 is 15.2 Å². The van der Waals surface area contributed by atoms with Crippen LogP contribution in [-0.2, 0) is 19.6 Å². The van der Waals surface area contributed by atoms with Crippen molar-refractivity contribution in [3.05, 3.63) is 82.9 Å². The third kappa shape index (κ3) is 5.53. The van der Waals surface area contributed by atoms with Gasteiger partial charge in [-0.05, 0) is 48.2 Å². The lowest BCUT2D eigenvalue weighted by Gasteiger charge is -2.13. The van der Waals surface area contributed by atoms with Gasteiger partial charge >= 0.3 is 12.1 Å². The lowest BCUT2D eigenvalue weighted by Crippen LogP contribution is -2.12. The van der Waals surface area contributed by atoms with Crippen molar-refractivity contribution in [2.45, 2.75) is 33.5 Å². The molecule has 4 heterocycles. The first kappa shape index (κ1) is 24.7. The second-order valence-corrected chi connectivity index (χ2v) is 8.82. The summed E-state index contributed by atoms with van der Waals surface area (Å²) in [4.78, 5) is 24.2. The Balaban J connectivity index is 1.35. The van der Waals surface area contributed by atoms with Crippen LogP contribution in [0.1, 0.15) is 27.9 Å². The minimum atomic E-state index is -1.15. The number of ether oxygens (including phenoxy) is 1. The number of aryl methyl sites for hydroxylation is 2. The Morgan fingerprint density at radius 2 is 1.79 bits per heavy atom. The quantitative estimate of drug-likeness (QED) is 0.268. The van der Waals surface area contributed by atoms with Gasteiger partial charge in [-0.25, -0.2) is 9.78 Å². The molecule has 5 aromatic rings. The maximum absolute atomic E-state index is 11.0. The van der Waals surface area contributed by atoms with Gasteiger partial charge in [0.2, 0.25) is 0 Å². The van der Waals surface area contributed by atoms with Crippen LogP contribution >= 0.6 is 0 Å². The van der Waals surface area contributed by atoms with Crippen LogP contribution in [0.4, 0.5) is 16.4 Å². The van der Waals surface area contributed by atoms with E-state index in [1.807, 2.05) is 41.7 Å². The van der Waals surface area contributed by atoms with Gasteiger partial charge in [-0.2, -0.15) is 20.2 Å². The predicted octanol–water partition coefficient (Wildman–Crippen LogP) is 3.84. The summed E-state index contributed by atoms with van der Waals surface area (Å²) in [5.74, 6) is 0.872. The fraction of sp³-hybridized carbons (Fsp3) is 0.231. The molecule has 0 fully saturated rings. The van der Waals surface area contributed by atoms with Crippen LogP contribution in [0.5, 0.6) is 6.01 Å². The number of hydrogen-bond acceptors (Lipinski definition) is 8. The molecule has 38 heavy (non-hydrogen) atoms. The Bertz CT molecular complexity index is 1560. The predicted molar refractivity (Wildman–Crippen MR) is 141 cm³/mol. The van der Waals surface area contributed by atoms with Crippen molar-refractivity contribution in [3.63, 3.8) is 0 Å². The topological polar surface area (TPSA) is 145 Å². The largest absolute Gasteiger partial charge is 0.467 e. The Hall–Kier alpha value is -5.00. The molecule has 0 aliphatic heterocycles. The van der Waals surface area contributed by atoms with E-state index in [-0.39, 0.29) is 11.8 Å². The molecule has 0 saturated heterocycles. The molecule has 0 spiro atoms. The Kier molecular flexibility index (Phi) is 6.85. The second-order valence-electron chi connectivity index (χ2n) is 8.82. The highest BCUT2D eigenvalue weighted by Crippen LogP contribution is 2.25. The molecule has 12 nitrogen and oxygen atoms in total. The van der Waals surface area contributed by atoms with E-state index >= 15 is 0 Å². The molecule has 3 N–H and O–H groups in total. The molecule has 0 unspecified atom stereocenters. The number of methoxy groups -OCH3 is 1. The first-order valence-electron chi connectivity index (χ1n) is 11.9. The summed E-state index contributed by atoms with van der Waals surface area (Å²) in [5.41, 5.74) is 5.33. The van der Waals surface area contributed by atoms with Gasteiger partial charge in [0.1, 0.15) is 11.6 Å². The van der Waals surface area contributed by atoms with Crippen LogP contribution in [0.15, 0.2) is 55.0 Å². The fourth-order valence-electron chi connectivity index (χ4n) is 4.23. The van der Waals surface area contributed by atoms with E-state index in [0.29, 0.717) is 30.2 Å². The number of anilines is 2. The van der Waals surface area contributed by atoms with Gasteiger partial charge in [0, 0.05) is 30.8 Å². The zero-order valence-corrected chi connectivity index (χ0v) is 21.2. The maximum Gasteiger partial charge on any atom is 0.410 e. The molecular weight excluding hydrogens is 486 g/mol. The van der Waals surface area contributed by atoms with Crippen LogP contribution in [0.25, 0.3) is 11.0 Å². The number of benzene rings is 1. The number of amides is 1. The van der Waals surface area contributed by atoms with E-state index in [1.165, 1.54) is 7.11 Å². The smallest absolute Gasteiger partial charge is 0.410 e. The van der Waals surface area contributed by atoms with E-state index in [2.05, 4.69) is 60.0 Å². The maximum atomic E-state index is 11.0. The molecule has 0 radical (unpaired) electrons. The number of rotatable bonds is 9. The lowest BCUT2D eigenvalue weighted by atomic mass is 10.1. The number of aromatic nitrogens is 7.